The van der Waals surface area contributed by atoms with Crippen LogP contribution in [-0.2, 0) is 0 Å². The Kier molecular flexibility index (Phi) is 9.49. The zero-order chi connectivity index (χ0) is 22.1. The number of benzene rings is 2. The van der Waals surface area contributed by atoms with Crippen LogP contribution in [0.1, 0.15) is 12.0 Å². The summed E-state index contributed by atoms with van der Waals surface area (Å²) in [5, 5.41) is 0.527. The molecule has 0 heterocycles. The first-order valence-corrected chi connectivity index (χ1v) is 9.93. The van der Waals surface area contributed by atoms with E-state index in [0.717, 1.165) is 0 Å². The van der Waals surface area contributed by atoms with Crippen LogP contribution in [0.4, 0.5) is 13.2 Å². The molecule has 10 heteroatoms. The fourth-order valence-electron chi connectivity index (χ4n) is 2.22. The van der Waals surface area contributed by atoms with Gasteiger partial charge in [-0.05, 0) is 30.2 Å². The van der Waals surface area contributed by atoms with Gasteiger partial charge in [-0.25, -0.2) is 0 Å². The van der Waals surface area contributed by atoms with E-state index in [1.807, 2.05) is 0 Å². The molecule has 162 valence electrons. The molecule has 0 saturated heterocycles. The highest BCUT2D eigenvalue weighted by Gasteiger charge is 2.31. The third-order valence-electron chi connectivity index (χ3n) is 3.39. The maximum Gasteiger partial charge on any atom is 0.573 e. The van der Waals surface area contributed by atoms with E-state index in [2.05, 4.69) is 4.74 Å². The second-order valence-corrected chi connectivity index (χ2v) is 7.50. The Balaban J connectivity index is 1.88. The normalized spacial score (nSPS) is 11.4. The average molecular weight is 502 g/mol. The molecule has 0 saturated carbocycles. The summed E-state index contributed by atoms with van der Waals surface area (Å²) in [6.07, 6.45) is 0.598. The van der Waals surface area contributed by atoms with Crippen molar-refractivity contribution in [2.24, 2.45) is 0 Å². The van der Waals surface area contributed by atoms with Gasteiger partial charge >= 0.3 is 6.36 Å². The van der Waals surface area contributed by atoms with Crippen LogP contribution in [-0.4, -0.2) is 19.6 Å². The van der Waals surface area contributed by atoms with Crippen molar-refractivity contribution < 1.29 is 27.4 Å². The van der Waals surface area contributed by atoms with Crippen molar-refractivity contribution in [3.8, 4) is 17.2 Å². The summed E-state index contributed by atoms with van der Waals surface area (Å²) in [7, 11) is 0. The maximum atomic E-state index is 12.3. The first-order valence-electron chi connectivity index (χ1n) is 8.42. The number of alkyl halides is 3. The summed E-state index contributed by atoms with van der Waals surface area (Å²) >= 11 is 23.4. The van der Waals surface area contributed by atoms with Gasteiger partial charge in [-0.2, -0.15) is 0 Å². The van der Waals surface area contributed by atoms with E-state index < -0.39 is 6.36 Å². The molecule has 0 aliphatic rings. The molecule has 0 amide bonds. The van der Waals surface area contributed by atoms with Crippen LogP contribution in [0.3, 0.4) is 0 Å². The summed E-state index contributed by atoms with van der Waals surface area (Å²) in [5.74, 6) is 0.431. The molecule has 0 aromatic heterocycles. The number of rotatable bonds is 9. The van der Waals surface area contributed by atoms with E-state index >= 15 is 0 Å². The van der Waals surface area contributed by atoms with Gasteiger partial charge in [0.15, 0.2) is 5.75 Å². The highest BCUT2D eigenvalue weighted by atomic mass is 35.5. The minimum absolute atomic E-state index is 0.0832. The molecule has 0 fully saturated rings. The topological polar surface area (TPSA) is 27.7 Å². The second-order valence-electron chi connectivity index (χ2n) is 5.68. The molecule has 0 N–H and O–H groups in total. The van der Waals surface area contributed by atoms with Crippen molar-refractivity contribution in [1.82, 2.24) is 0 Å². The third kappa shape index (κ3) is 8.96. The van der Waals surface area contributed by atoms with Crippen LogP contribution in [0, 0.1) is 0 Å². The van der Waals surface area contributed by atoms with Crippen LogP contribution in [0.25, 0.3) is 6.08 Å². The Morgan fingerprint density at radius 3 is 2.30 bits per heavy atom. The SMILES string of the molecule is FC(F)(F)Oc1cccc(C=CCCOc2c(Cl)cc(OCC=C(Cl)Cl)cc2Cl)c1. The van der Waals surface area contributed by atoms with Crippen molar-refractivity contribution in [3.63, 3.8) is 0 Å². The zero-order valence-corrected chi connectivity index (χ0v) is 18.2. The molecule has 2 aromatic rings. The van der Waals surface area contributed by atoms with Crippen molar-refractivity contribution in [2.75, 3.05) is 13.2 Å². The number of hydrogen-bond donors (Lipinski definition) is 0. The van der Waals surface area contributed by atoms with Crippen molar-refractivity contribution in [3.05, 3.63) is 68.7 Å². The van der Waals surface area contributed by atoms with Gasteiger partial charge in [-0.3, -0.25) is 0 Å². The number of hydrogen-bond acceptors (Lipinski definition) is 3. The summed E-state index contributed by atoms with van der Waals surface area (Å²) in [6.45, 7) is 0.397. The molecule has 0 atom stereocenters. The van der Waals surface area contributed by atoms with Gasteiger partial charge in [0.05, 0.1) is 16.7 Å². The lowest BCUT2D eigenvalue weighted by Gasteiger charge is -2.11. The van der Waals surface area contributed by atoms with Gasteiger partial charge in [-0.15, -0.1) is 13.2 Å². The van der Waals surface area contributed by atoms with E-state index in [1.165, 1.54) is 24.3 Å². The maximum absolute atomic E-state index is 12.3. The van der Waals surface area contributed by atoms with Crippen LogP contribution >= 0.6 is 46.4 Å². The smallest absolute Gasteiger partial charge is 0.490 e. The molecule has 30 heavy (non-hydrogen) atoms. The molecule has 2 rings (SSSR count). The van der Waals surface area contributed by atoms with Gasteiger partial charge in [0.1, 0.15) is 22.6 Å². The molecule has 2 aromatic carbocycles. The van der Waals surface area contributed by atoms with Crippen LogP contribution in [0.2, 0.25) is 10.0 Å². The Hall–Kier alpha value is -1.73. The Morgan fingerprint density at radius 1 is 0.967 bits per heavy atom. The zero-order valence-electron chi connectivity index (χ0n) is 15.2. The molecule has 0 spiro atoms. The quantitative estimate of drug-likeness (QED) is 0.325. The lowest BCUT2D eigenvalue weighted by Crippen LogP contribution is -2.17. The lowest BCUT2D eigenvalue weighted by atomic mass is 10.2. The standard InChI is InChI=1S/C20H15Cl4F3O3/c21-16-11-15(28-9-7-18(23)24)12-17(22)19(16)29-8-2-1-4-13-5-3-6-14(10-13)30-20(25,26)27/h1,3-7,10-12H,2,8-9H2. The van der Waals surface area contributed by atoms with E-state index in [9.17, 15) is 13.2 Å². The van der Waals surface area contributed by atoms with Crippen LogP contribution < -0.4 is 14.2 Å². The highest BCUT2D eigenvalue weighted by molar-refractivity contribution is 6.55. The van der Waals surface area contributed by atoms with Crippen LogP contribution in [0.5, 0.6) is 17.2 Å². The summed E-state index contributed by atoms with van der Waals surface area (Å²) in [6, 6.07) is 8.72. The second kappa shape index (κ2) is 11.6. The molecule has 0 aliphatic heterocycles. The minimum atomic E-state index is -4.73. The van der Waals surface area contributed by atoms with Gasteiger partial charge in [-0.1, -0.05) is 70.7 Å². The Labute approximate surface area is 191 Å². The highest BCUT2D eigenvalue weighted by Crippen LogP contribution is 2.37. The first-order chi connectivity index (χ1) is 14.1. The van der Waals surface area contributed by atoms with Gasteiger partial charge in [0.2, 0.25) is 0 Å². The van der Waals surface area contributed by atoms with Gasteiger partial charge in [0.25, 0.3) is 0 Å². The molecule has 0 radical (unpaired) electrons. The molecular weight excluding hydrogens is 487 g/mol. The summed E-state index contributed by atoms with van der Waals surface area (Å²) < 4.78 is 51.8. The molecular formula is C20H15Cl4F3O3. The van der Waals surface area contributed by atoms with Crippen molar-refractivity contribution in [2.45, 2.75) is 12.8 Å². The largest absolute Gasteiger partial charge is 0.573 e. The van der Waals surface area contributed by atoms with E-state index in [4.69, 9.17) is 55.9 Å². The number of ether oxygens (including phenoxy) is 3. The third-order valence-corrected chi connectivity index (χ3v) is 4.26. The first kappa shape index (κ1) is 24.5. The van der Waals surface area contributed by atoms with Crippen LogP contribution in [0.15, 0.2) is 53.0 Å². The summed E-state index contributed by atoms with van der Waals surface area (Å²) in [5.41, 5.74) is 0.556. The fourth-order valence-corrected chi connectivity index (χ4v) is 2.92. The Bertz CT molecular complexity index is 887. The van der Waals surface area contributed by atoms with Crippen molar-refractivity contribution in [1.29, 1.82) is 0 Å². The molecule has 0 bridgehead atoms. The van der Waals surface area contributed by atoms with Gasteiger partial charge < -0.3 is 14.2 Å². The fraction of sp³-hybridized carbons (Fsp3) is 0.200. The molecule has 0 unspecified atom stereocenters. The molecule has 0 aliphatic carbocycles. The average Bonchev–Trinajstić information content (AvgIpc) is 2.62. The predicted molar refractivity (Wildman–Crippen MR) is 114 cm³/mol. The number of halogens is 7. The van der Waals surface area contributed by atoms with Crippen molar-refractivity contribution >= 4 is 52.5 Å². The monoisotopic (exact) mass is 500 g/mol. The lowest BCUT2D eigenvalue weighted by molar-refractivity contribution is -0.274. The predicted octanol–water partition coefficient (Wildman–Crippen LogP) is 8.07. The summed E-state index contributed by atoms with van der Waals surface area (Å²) in [4.78, 5) is 0. The molecule has 3 nitrogen and oxygen atoms in total. The Morgan fingerprint density at radius 2 is 1.67 bits per heavy atom. The van der Waals surface area contributed by atoms with E-state index in [-0.39, 0.29) is 33.5 Å². The minimum Gasteiger partial charge on any atom is -0.490 e. The van der Waals surface area contributed by atoms with E-state index in [0.29, 0.717) is 23.5 Å². The van der Waals surface area contributed by atoms with E-state index in [1.54, 1.807) is 30.4 Å². The van der Waals surface area contributed by atoms with Gasteiger partial charge in [0, 0.05) is 12.1 Å².